The lowest BCUT2D eigenvalue weighted by Crippen LogP contribution is -2.14. The molecule has 6 nitrogen and oxygen atoms in total. The van der Waals surface area contributed by atoms with Crippen molar-refractivity contribution in [3.05, 3.63) is 47.0 Å². The second-order valence-corrected chi connectivity index (χ2v) is 8.52. The number of nitrogen functional groups attached to an aromatic ring is 1. The predicted molar refractivity (Wildman–Crippen MR) is 83.9 cm³/mol. The number of benzene rings is 2. The first-order chi connectivity index (χ1) is 10.0. The molecule has 0 aromatic heterocycles. The van der Waals surface area contributed by atoms with Crippen LogP contribution in [0.4, 0.5) is 5.69 Å². The molecule has 4 N–H and O–H groups in total. The maximum atomic E-state index is 12.6. The molecule has 0 atom stereocenters. The van der Waals surface area contributed by atoms with Crippen LogP contribution >= 0.6 is 11.6 Å². The molecule has 0 fully saturated rings. The number of hydrogen-bond acceptors (Lipinski definition) is 5. The van der Waals surface area contributed by atoms with Gasteiger partial charge >= 0.3 is 0 Å². The lowest BCUT2D eigenvalue weighted by atomic mass is 10.2. The first-order valence-electron chi connectivity index (χ1n) is 5.97. The van der Waals surface area contributed by atoms with E-state index in [2.05, 4.69) is 0 Å². The number of sulfonamides is 1. The topological polar surface area (TPSA) is 120 Å². The smallest absolute Gasteiger partial charge is 0.238 e. The Bertz CT molecular complexity index is 954. The Balaban J connectivity index is 2.65. The van der Waals surface area contributed by atoms with Gasteiger partial charge in [-0.15, -0.1) is 0 Å². The van der Waals surface area contributed by atoms with Gasteiger partial charge in [0.25, 0.3) is 0 Å². The molecule has 0 bridgehead atoms. The van der Waals surface area contributed by atoms with Gasteiger partial charge in [-0.1, -0.05) is 11.6 Å². The molecule has 0 saturated carbocycles. The molecule has 9 heteroatoms. The number of rotatable bonds is 3. The fourth-order valence-electron chi connectivity index (χ4n) is 1.96. The Morgan fingerprint density at radius 1 is 0.955 bits per heavy atom. The molecule has 0 amide bonds. The molecule has 0 aliphatic heterocycles. The van der Waals surface area contributed by atoms with Crippen molar-refractivity contribution in [1.82, 2.24) is 0 Å². The van der Waals surface area contributed by atoms with Crippen LogP contribution in [0.3, 0.4) is 0 Å². The van der Waals surface area contributed by atoms with Crippen LogP contribution in [0.5, 0.6) is 0 Å². The van der Waals surface area contributed by atoms with Crippen molar-refractivity contribution in [2.24, 2.45) is 5.14 Å². The van der Waals surface area contributed by atoms with Gasteiger partial charge < -0.3 is 5.73 Å². The van der Waals surface area contributed by atoms with Crippen LogP contribution in [0.2, 0.25) is 5.02 Å². The van der Waals surface area contributed by atoms with Crippen LogP contribution < -0.4 is 10.9 Å². The average molecular weight is 361 g/mol. The van der Waals surface area contributed by atoms with Gasteiger partial charge in [0.1, 0.15) is 0 Å². The second kappa shape index (κ2) is 5.54. The van der Waals surface area contributed by atoms with Gasteiger partial charge in [-0.25, -0.2) is 22.0 Å². The summed E-state index contributed by atoms with van der Waals surface area (Å²) in [6.07, 6.45) is 0. The Hall–Kier alpha value is -1.61. The summed E-state index contributed by atoms with van der Waals surface area (Å²) in [5, 5.41) is 5.09. The van der Waals surface area contributed by atoms with Crippen LogP contribution in [0.1, 0.15) is 5.56 Å². The van der Waals surface area contributed by atoms with E-state index >= 15 is 0 Å². The predicted octanol–water partition coefficient (Wildman–Crippen LogP) is 1.71. The van der Waals surface area contributed by atoms with Gasteiger partial charge in [0, 0.05) is 5.69 Å². The third-order valence-electron chi connectivity index (χ3n) is 3.01. The standard InChI is InChI=1S/C13H13ClN2O4S2/c1-8-6-10(3-5-12(8)22(16,19)20)21(17,18)13-7-9(15)2-4-11(13)14/h2-7H,15H2,1H3,(H2,16,19,20). The van der Waals surface area contributed by atoms with Crippen LogP contribution in [0.15, 0.2) is 51.1 Å². The molecule has 0 radical (unpaired) electrons. The molecule has 0 unspecified atom stereocenters. The molecule has 118 valence electrons. The van der Waals surface area contributed by atoms with Crippen LogP contribution in [-0.2, 0) is 19.9 Å². The number of nitrogens with two attached hydrogens (primary N) is 2. The highest BCUT2D eigenvalue weighted by Gasteiger charge is 2.23. The summed E-state index contributed by atoms with van der Waals surface area (Å²) >= 11 is 5.92. The largest absolute Gasteiger partial charge is 0.399 e. The van der Waals surface area contributed by atoms with E-state index < -0.39 is 19.9 Å². The normalized spacial score (nSPS) is 12.3. The average Bonchev–Trinajstić information content (AvgIpc) is 2.39. The summed E-state index contributed by atoms with van der Waals surface area (Å²) in [5.74, 6) is 0. The van der Waals surface area contributed by atoms with E-state index in [-0.39, 0.29) is 31.0 Å². The molecule has 0 aliphatic rings. The number of anilines is 1. The summed E-state index contributed by atoms with van der Waals surface area (Å²) < 4.78 is 47.9. The molecular formula is C13H13ClN2O4S2. The highest BCUT2D eigenvalue weighted by atomic mass is 35.5. The zero-order chi connectivity index (χ0) is 16.7. The van der Waals surface area contributed by atoms with E-state index in [0.717, 1.165) is 6.07 Å². The number of aryl methyl sites for hydroxylation is 1. The lowest BCUT2D eigenvalue weighted by molar-refractivity contribution is 0.592. The lowest BCUT2D eigenvalue weighted by Gasteiger charge is -2.10. The monoisotopic (exact) mass is 360 g/mol. The molecule has 0 heterocycles. The SMILES string of the molecule is Cc1cc(S(=O)(=O)c2cc(N)ccc2Cl)ccc1S(N)(=O)=O. The Labute approximate surface area is 133 Å². The summed E-state index contributed by atoms with van der Waals surface area (Å²) in [6.45, 7) is 1.46. The van der Waals surface area contributed by atoms with E-state index in [4.69, 9.17) is 22.5 Å². The second-order valence-electron chi connectivity index (χ2n) is 4.67. The van der Waals surface area contributed by atoms with Crippen LogP contribution in [0.25, 0.3) is 0 Å². The van der Waals surface area contributed by atoms with Crippen molar-refractivity contribution in [2.45, 2.75) is 21.6 Å². The van der Waals surface area contributed by atoms with E-state index in [1.54, 1.807) is 0 Å². The van der Waals surface area contributed by atoms with E-state index in [9.17, 15) is 16.8 Å². The summed E-state index contributed by atoms with van der Waals surface area (Å²) in [5.41, 5.74) is 6.07. The Kier molecular flexibility index (Phi) is 4.22. The zero-order valence-electron chi connectivity index (χ0n) is 11.4. The quantitative estimate of drug-likeness (QED) is 0.807. The van der Waals surface area contributed by atoms with Crippen molar-refractivity contribution in [1.29, 1.82) is 0 Å². The highest BCUT2D eigenvalue weighted by Crippen LogP contribution is 2.30. The van der Waals surface area contributed by atoms with Gasteiger partial charge in [0.05, 0.1) is 19.7 Å². The van der Waals surface area contributed by atoms with Crippen molar-refractivity contribution in [3.8, 4) is 0 Å². The summed E-state index contributed by atoms with van der Waals surface area (Å²) in [4.78, 5) is -0.369. The molecule has 2 rings (SSSR count). The third-order valence-corrected chi connectivity index (χ3v) is 6.31. The van der Waals surface area contributed by atoms with Gasteiger partial charge in [0.2, 0.25) is 19.9 Å². The van der Waals surface area contributed by atoms with E-state index in [1.165, 1.54) is 37.3 Å². The van der Waals surface area contributed by atoms with Crippen molar-refractivity contribution < 1.29 is 16.8 Å². The van der Waals surface area contributed by atoms with Crippen molar-refractivity contribution >= 4 is 37.1 Å². The maximum Gasteiger partial charge on any atom is 0.238 e. The molecule has 22 heavy (non-hydrogen) atoms. The summed E-state index contributed by atoms with van der Waals surface area (Å²) in [6, 6.07) is 7.67. The van der Waals surface area contributed by atoms with Crippen molar-refractivity contribution in [3.63, 3.8) is 0 Å². The molecule has 2 aromatic carbocycles. The Morgan fingerprint density at radius 3 is 2.14 bits per heavy atom. The van der Waals surface area contributed by atoms with Crippen LogP contribution in [0, 0.1) is 6.92 Å². The highest BCUT2D eigenvalue weighted by molar-refractivity contribution is 7.91. The minimum atomic E-state index is -3.92. The molecule has 2 aromatic rings. The first kappa shape index (κ1) is 16.8. The van der Waals surface area contributed by atoms with Gasteiger partial charge in [0.15, 0.2) is 0 Å². The number of hydrogen-bond donors (Lipinski definition) is 2. The van der Waals surface area contributed by atoms with Gasteiger partial charge in [-0.3, -0.25) is 0 Å². The molecule has 0 spiro atoms. The fourth-order valence-corrected chi connectivity index (χ4v) is 4.60. The minimum Gasteiger partial charge on any atom is -0.399 e. The molecule has 0 aliphatic carbocycles. The number of sulfone groups is 1. The van der Waals surface area contributed by atoms with Crippen LogP contribution in [-0.4, -0.2) is 16.8 Å². The third kappa shape index (κ3) is 3.09. The molecular weight excluding hydrogens is 348 g/mol. The van der Waals surface area contributed by atoms with E-state index in [1.807, 2.05) is 0 Å². The zero-order valence-corrected chi connectivity index (χ0v) is 13.8. The molecule has 0 saturated heterocycles. The van der Waals surface area contributed by atoms with Gasteiger partial charge in [-0.2, -0.15) is 0 Å². The Morgan fingerprint density at radius 2 is 1.59 bits per heavy atom. The maximum absolute atomic E-state index is 12.6. The number of halogens is 1. The van der Waals surface area contributed by atoms with E-state index in [0.29, 0.717) is 0 Å². The minimum absolute atomic E-state index is 0.0300. The van der Waals surface area contributed by atoms with Gasteiger partial charge in [-0.05, 0) is 48.9 Å². The van der Waals surface area contributed by atoms with Crippen molar-refractivity contribution in [2.75, 3.05) is 5.73 Å². The number of primary sulfonamides is 1. The summed E-state index contributed by atoms with van der Waals surface area (Å²) in [7, 11) is -7.84. The first-order valence-corrected chi connectivity index (χ1v) is 9.38. The fraction of sp³-hybridized carbons (Fsp3) is 0.0769.